The number of hydrogen-bond donors (Lipinski definition) is 0. The number of hydrogen-bond acceptors (Lipinski definition) is 4. The zero-order chi connectivity index (χ0) is 13.8. The van der Waals surface area contributed by atoms with Crippen LogP contribution in [0.2, 0.25) is 0 Å². The first-order chi connectivity index (χ1) is 9.81. The van der Waals surface area contributed by atoms with E-state index in [0.29, 0.717) is 12.8 Å². The van der Waals surface area contributed by atoms with E-state index in [1.54, 1.807) is 11.3 Å². The van der Waals surface area contributed by atoms with Gasteiger partial charge in [-0.05, 0) is 35.2 Å². The Morgan fingerprint density at radius 1 is 1.25 bits per heavy atom. The third-order valence-electron chi connectivity index (χ3n) is 3.01. The van der Waals surface area contributed by atoms with Gasteiger partial charge in [0, 0.05) is 17.7 Å². The molecule has 0 amide bonds. The molecule has 0 N–H and O–H groups in total. The molecule has 4 heteroatoms. The van der Waals surface area contributed by atoms with E-state index in [4.69, 9.17) is 9.47 Å². The van der Waals surface area contributed by atoms with E-state index in [2.05, 4.69) is 0 Å². The Kier molecular flexibility index (Phi) is 3.83. The Morgan fingerprint density at radius 2 is 2.15 bits per heavy atom. The van der Waals surface area contributed by atoms with Crippen LogP contribution in [0.15, 0.2) is 41.8 Å². The second-order valence-corrected chi connectivity index (χ2v) is 5.50. The highest BCUT2D eigenvalue weighted by Gasteiger charge is 2.14. The van der Waals surface area contributed by atoms with Gasteiger partial charge in [-0.3, -0.25) is 4.79 Å². The van der Waals surface area contributed by atoms with Crippen molar-refractivity contribution in [3.63, 3.8) is 0 Å². The topological polar surface area (TPSA) is 35.5 Å². The Hall–Kier alpha value is -2.07. The van der Waals surface area contributed by atoms with Crippen LogP contribution in [0.3, 0.4) is 0 Å². The molecule has 3 rings (SSSR count). The largest absolute Gasteiger partial charge is 0.454 e. The number of allylic oxidation sites excluding steroid dienone is 1. The molecule has 0 unspecified atom stereocenters. The smallest absolute Gasteiger partial charge is 0.231 e. The minimum absolute atomic E-state index is 0.191. The van der Waals surface area contributed by atoms with Gasteiger partial charge in [-0.15, -0.1) is 11.3 Å². The number of ketones is 1. The van der Waals surface area contributed by atoms with Crippen molar-refractivity contribution in [3.8, 4) is 11.5 Å². The summed E-state index contributed by atoms with van der Waals surface area (Å²) in [6.07, 6.45) is 4.78. The first-order valence-electron chi connectivity index (χ1n) is 6.41. The van der Waals surface area contributed by atoms with Crippen molar-refractivity contribution in [2.45, 2.75) is 12.8 Å². The Balaban J connectivity index is 1.56. The van der Waals surface area contributed by atoms with Crippen molar-refractivity contribution < 1.29 is 14.3 Å². The highest BCUT2D eigenvalue weighted by atomic mass is 32.1. The number of ether oxygens (including phenoxy) is 2. The standard InChI is InChI=1S/C16H14O3S/c17-13(3-1-4-14-5-2-8-20-14)9-12-6-7-15-16(10-12)19-11-18-15/h1-2,4-8,10H,3,9,11H2/b4-1+. The summed E-state index contributed by atoms with van der Waals surface area (Å²) in [6.45, 7) is 0.260. The molecule has 1 aliphatic rings. The first kappa shape index (κ1) is 12.9. The summed E-state index contributed by atoms with van der Waals surface area (Å²) >= 11 is 1.66. The second kappa shape index (κ2) is 5.92. The molecular formula is C16H14O3S. The second-order valence-electron chi connectivity index (χ2n) is 4.52. The van der Waals surface area contributed by atoms with Gasteiger partial charge in [0.05, 0.1) is 0 Å². The average molecular weight is 286 g/mol. The van der Waals surface area contributed by atoms with Crippen molar-refractivity contribution in [3.05, 3.63) is 52.2 Å². The van der Waals surface area contributed by atoms with Crippen LogP contribution >= 0.6 is 11.3 Å². The molecule has 1 aliphatic heterocycles. The van der Waals surface area contributed by atoms with Crippen molar-refractivity contribution in [2.75, 3.05) is 6.79 Å². The normalized spacial score (nSPS) is 13.0. The summed E-state index contributed by atoms with van der Waals surface area (Å²) in [6, 6.07) is 9.67. The maximum absolute atomic E-state index is 11.9. The summed E-state index contributed by atoms with van der Waals surface area (Å²) in [7, 11) is 0. The Morgan fingerprint density at radius 3 is 3.00 bits per heavy atom. The summed E-state index contributed by atoms with van der Waals surface area (Å²) in [5, 5.41) is 2.02. The van der Waals surface area contributed by atoms with Crippen molar-refractivity contribution in [2.24, 2.45) is 0 Å². The third kappa shape index (κ3) is 3.08. The summed E-state index contributed by atoms with van der Waals surface area (Å²) in [5.41, 5.74) is 0.962. The lowest BCUT2D eigenvalue weighted by Crippen LogP contribution is -2.00. The number of thiophene rings is 1. The zero-order valence-corrected chi connectivity index (χ0v) is 11.7. The highest BCUT2D eigenvalue weighted by Crippen LogP contribution is 2.32. The molecule has 1 aromatic carbocycles. The number of Topliss-reactive ketones (excluding diaryl/α,β-unsaturated/α-hetero) is 1. The van der Waals surface area contributed by atoms with Crippen LogP contribution < -0.4 is 9.47 Å². The molecule has 0 radical (unpaired) electrons. The maximum Gasteiger partial charge on any atom is 0.231 e. The molecule has 0 saturated heterocycles. The summed E-state index contributed by atoms with van der Waals surface area (Å²) < 4.78 is 10.6. The minimum atomic E-state index is 0.191. The van der Waals surface area contributed by atoms with E-state index in [1.807, 2.05) is 47.9 Å². The zero-order valence-electron chi connectivity index (χ0n) is 10.9. The van der Waals surface area contributed by atoms with Gasteiger partial charge >= 0.3 is 0 Å². The molecule has 0 bridgehead atoms. The number of carbonyl (C=O) groups excluding carboxylic acids is 1. The Labute approximate surface area is 121 Å². The predicted octanol–water partition coefficient (Wildman–Crippen LogP) is 3.69. The highest BCUT2D eigenvalue weighted by molar-refractivity contribution is 7.10. The lowest BCUT2D eigenvalue weighted by molar-refractivity contribution is -0.117. The summed E-state index contributed by atoms with van der Waals surface area (Å²) in [4.78, 5) is 13.1. The number of benzene rings is 1. The molecular weight excluding hydrogens is 272 g/mol. The molecule has 102 valence electrons. The van der Waals surface area contributed by atoms with E-state index in [1.165, 1.54) is 4.88 Å². The molecule has 0 saturated carbocycles. The fourth-order valence-corrected chi connectivity index (χ4v) is 2.69. The quantitative estimate of drug-likeness (QED) is 0.841. The van der Waals surface area contributed by atoms with Gasteiger partial charge < -0.3 is 9.47 Å². The number of rotatable bonds is 5. The average Bonchev–Trinajstić information content (AvgIpc) is 3.08. The van der Waals surface area contributed by atoms with Crippen LogP contribution in [0.1, 0.15) is 16.9 Å². The van der Waals surface area contributed by atoms with E-state index in [-0.39, 0.29) is 12.6 Å². The van der Waals surface area contributed by atoms with Gasteiger partial charge in [0.1, 0.15) is 5.78 Å². The molecule has 0 spiro atoms. The Bertz CT molecular complexity index is 629. The van der Waals surface area contributed by atoms with E-state index >= 15 is 0 Å². The van der Waals surface area contributed by atoms with Crippen LogP contribution in [0.4, 0.5) is 0 Å². The van der Waals surface area contributed by atoms with Crippen molar-refractivity contribution in [1.82, 2.24) is 0 Å². The third-order valence-corrected chi connectivity index (χ3v) is 3.85. The van der Waals surface area contributed by atoms with Crippen molar-refractivity contribution in [1.29, 1.82) is 0 Å². The molecule has 0 atom stereocenters. The summed E-state index contributed by atoms with van der Waals surface area (Å²) in [5.74, 6) is 1.67. The molecule has 3 nitrogen and oxygen atoms in total. The van der Waals surface area contributed by atoms with E-state index < -0.39 is 0 Å². The lowest BCUT2D eigenvalue weighted by Gasteiger charge is -2.01. The fourth-order valence-electron chi connectivity index (χ4n) is 2.04. The van der Waals surface area contributed by atoms with Gasteiger partial charge in [0.15, 0.2) is 11.5 Å². The van der Waals surface area contributed by atoms with Gasteiger partial charge in [0.25, 0.3) is 0 Å². The van der Waals surface area contributed by atoms with Crippen LogP contribution in [0, 0.1) is 0 Å². The van der Waals surface area contributed by atoms with Gasteiger partial charge in [0.2, 0.25) is 6.79 Å². The lowest BCUT2D eigenvalue weighted by atomic mass is 10.1. The van der Waals surface area contributed by atoms with E-state index in [9.17, 15) is 4.79 Å². The van der Waals surface area contributed by atoms with Gasteiger partial charge in [-0.2, -0.15) is 0 Å². The van der Waals surface area contributed by atoms with Crippen LogP contribution in [-0.4, -0.2) is 12.6 Å². The first-order valence-corrected chi connectivity index (χ1v) is 7.29. The van der Waals surface area contributed by atoms with Gasteiger partial charge in [-0.25, -0.2) is 0 Å². The maximum atomic E-state index is 11.9. The minimum Gasteiger partial charge on any atom is -0.454 e. The molecule has 2 aromatic rings. The molecule has 0 fully saturated rings. The molecule has 20 heavy (non-hydrogen) atoms. The predicted molar refractivity (Wildman–Crippen MR) is 79.2 cm³/mol. The molecule has 0 aliphatic carbocycles. The SMILES string of the molecule is O=C(C/C=C/c1cccs1)Cc1ccc2c(c1)OCO2. The van der Waals surface area contributed by atoms with E-state index in [0.717, 1.165) is 17.1 Å². The molecule has 1 aromatic heterocycles. The van der Waals surface area contributed by atoms with Crippen molar-refractivity contribution >= 4 is 23.2 Å². The fraction of sp³-hybridized carbons (Fsp3) is 0.188. The number of carbonyl (C=O) groups is 1. The molecule has 2 heterocycles. The monoisotopic (exact) mass is 286 g/mol. The number of fused-ring (bicyclic) bond motifs is 1. The van der Waals surface area contributed by atoms with Gasteiger partial charge in [-0.1, -0.05) is 18.2 Å². The van der Waals surface area contributed by atoms with Crippen LogP contribution in [0.25, 0.3) is 6.08 Å². The van der Waals surface area contributed by atoms with Crippen LogP contribution in [0.5, 0.6) is 11.5 Å². The van der Waals surface area contributed by atoms with Crippen LogP contribution in [-0.2, 0) is 11.2 Å².